The Bertz CT molecular complexity index is 728. The van der Waals surface area contributed by atoms with Crippen molar-refractivity contribution in [3.05, 3.63) is 71.3 Å². The summed E-state index contributed by atoms with van der Waals surface area (Å²) in [5, 5.41) is 2.82. The lowest BCUT2D eigenvalue weighted by atomic mass is 10.1. The van der Waals surface area contributed by atoms with Crippen LogP contribution in [0.5, 0.6) is 0 Å². The van der Waals surface area contributed by atoms with Crippen LogP contribution in [0.1, 0.15) is 30.5 Å². The van der Waals surface area contributed by atoms with Gasteiger partial charge in [0.25, 0.3) is 0 Å². The molecule has 0 heterocycles. The van der Waals surface area contributed by atoms with E-state index in [2.05, 4.69) is 5.32 Å². The van der Waals surface area contributed by atoms with Crippen LogP contribution in [0.25, 0.3) is 0 Å². The van der Waals surface area contributed by atoms with Gasteiger partial charge in [-0.05, 0) is 38.3 Å². The number of hydrogen-bond donors (Lipinski definition) is 1. The number of amides is 2. The van der Waals surface area contributed by atoms with Crippen molar-refractivity contribution in [1.29, 1.82) is 0 Å². The molecule has 4 heteroatoms. The van der Waals surface area contributed by atoms with Crippen LogP contribution in [0.3, 0.4) is 0 Å². The highest BCUT2D eigenvalue weighted by atomic mass is 16.2. The van der Waals surface area contributed by atoms with Gasteiger partial charge in [-0.25, -0.2) is 0 Å². The topological polar surface area (TPSA) is 49.4 Å². The summed E-state index contributed by atoms with van der Waals surface area (Å²) in [7, 11) is 0. The molecule has 0 aliphatic carbocycles. The van der Waals surface area contributed by atoms with Crippen LogP contribution >= 0.6 is 0 Å². The van der Waals surface area contributed by atoms with Gasteiger partial charge in [0.05, 0.1) is 6.42 Å². The van der Waals surface area contributed by atoms with Gasteiger partial charge in [0.1, 0.15) is 6.04 Å². The second-order valence-electron chi connectivity index (χ2n) is 6.56. The minimum absolute atomic E-state index is 0.0229. The summed E-state index contributed by atoms with van der Waals surface area (Å²) in [4.78, 5) is 26.9. The van der Waals surface area contributed by atoms with Gasteiger partial charge in [0.15, 0.2) is 0 Å². The van der Waals surface area contributed by atoms with E-state index in [9.17, 15) is 9.59 Å². The molecule has 26 heavy (non-hydrogen) atoms. The molecule has 0 spiro atoms. The van der Waals surface area contributed by atoms with Crippen LogP contribution < -0.4 is 5.32 Å². The van der Waals surface area contributed by atoms with E-state index >= 15 is 0 Å². The number of likely N-dealkylation sites (N-methyl/N-ethyl adjacent to an activating group) is 1. The predicted molar refractivity (Wildman–Crippen MR) is 105 cm³/mol. The minimum atomic E-state index is -0.490. The average Bonchev–Trinajstić information content (AvgIpc) is 2.62. The highest BCUT2D eigenvalue weighted by Gasteiger charge is 2.25. The van der Waals surface area contributed by atoms with Crippen molar-refractivity contribution >= 4 is 11.8 Å². The van der Waals surface area contributed by atoms with E-state index in [4.69, 9.17) is 0 Å². The molecule has 0 bridgehead atoms. The Balaban J connectivity index is 2.12. The molecule has 0 aliphatic heterocycles. The monoisotopic (exact) mass is 352 g/mol. The number of nitrogens with one attached hydrogen (secondary N) is 1. The Hall–Kier alpha value is -2.62. The zero-order chi connectivity index (χ0) is 18.9. The molecule has 1 N–H and O–H groups in total. The highest BCUT2D eigenvalue weighted by Crippen LogP contribution is 2.11. The van der Waals surface area contributed by atoms with Crippen LogP contribution in [0.2, 0.25) is 0 Å². The molecule has 0 saturated heterocycles. The van der Waals surface area contributed by atoms with Crippen LogP contribution in [-0.2, 0) is 22.4 Å². The molecule has 0 aromatic heterocycles. The molecular formula is C22H28N2O2. The Labute approximate surface area is 156 Å². The van der Waals surface area contributed by atoms with Crippen LogP contribution in [0.4, 0.5) is 0 Å². The first-order chi connectivity index (χ1) is 12.5. The Morgan fingerprint density at radius 3 is 2.38 bits per heavy atom. The summed E-state index contributed by atoms with van der Waals surface area (Å²) in [5.41, 5.74) is 3.26. The average molecular weight is 352 g/mol. The number of aryl methyl sites for hydroxylation is 1. The van der Waals surface area contributed by atoms with E-state index in [1.165, 1.54) is 0 Å². The Kier molecular flexibility index (Phi) is 7.39. The quantitative estimate of drug-likeness (QED) is 0.793. The fraction of sp³-hybridized carbons (Fsp3) is 0.364. The molecule has 2 aromatic rings. The van der Waals surface area contributed by atoms with Gasteiger partial charge < -0.3 is 10.2 Å². The molecule has 0 unspecified atom stereocenters. The van der Waals surface area contributed by atoms with Crippen molar-refractivity contribution in [2.45, 2.75) is 39.7 Å². The third-order valence-electron chi connectivity index (χ3n) is 4.44. The second kappa shape index (κ2) is 9.76. The maximum atomic E-state index is 12.9. The molecule has 2 aromatic carbocycles. The van der Waals surface area contributed by atoms with Crippen LogP contribution in [0, 0.1) is 6.92 Å². The summed E-state index contributed by atoms with van der Waals surface area (Å²) in [6.45, 7) is 6.77. The lowest BCUT2D eigenvalue weighted by molar-refractivity contribution is -0.139. The van der Waals surface area contributed by atoms with Gasteiger partial charge in [-0.15, -0.1) is 0 Å². The van der Waals surface area contributed by atoms with Crippen molar-refractivity contribution in [2.24, 2.45) is 0 Å². The summed E-state index contributed by atoms with van der Waals surface area (Å²) in [6.07, 6.45) is 1.03. The first-order valence-electron chi connectivity index (χ1n) is 9.18. The molecule has 2 rings (SSSR count). The van der Waals surface area contributed by atoms with Crippen LogP contribution in [0.15, 0.2) is 54.6 Å². The largest absolute Gasteiger partial charge is 0.355 e. The number of rotatable bonds is 8. The molecule has 0 fully saturated rings. The smallest absolute Gasteiger partial charge is 0.242 e. The molecule has 2 amide bonds. The van der Waals surface area contributed by atoms with E-state index in [-0.39, 0.29) is 11.8 Å². The van der Waals surface area contributed by atoms with Gasteiger partial charge >= 0.3 is 0 Å². The number of benzene rings is 2. The zero-order valence-electron chi connectivity index (χ0n) is 15.9. The van der Waals surface area contributed by atoms with Crippen molar-refractivity contribution in [2.75, 3.05) is 13.1 Å². The van der Waals surface area contributed by atoms with E-state index < -0.39 is 6.04 Å². The van der Waals surface area contributed by atoms with Crippen molar-refractivity contribution < 1.29 is 9.59 Å². The molecular weight excluding hydrogens is 324 g/mol. The normalized spacial score (nSPS) is 11.7. The standard InChI is InChI=1S/C22H28N2O2/c1-4-23-22(26)18(3)24(14-13-19-10-6-5-7-11-19)21(25)16-20-12-8-9-17(2)15-20/h5-12,15,18H,4,13-14,16H2,1-3H3,(H,23,26)/t18-/m1/s1. The van der Waals surface area contributed by atoms with Gasteiger partial charge in [-0.2, -0.15) is 0 Å². The third-order valence-corrected chi connectivity index (χ3v) is 4.44. The van der Waals surface area contributed by atoms with Gasteiger partial charge in [0, 0.05) is 13.1 Å². The van der Waals surface area contributed by atoms with Gasteiger partial charge in [-0.1, -0.05) is 60.2 Å². The molecule has 4 nitrogen and oxygen atoms in total. The maximum Gasteiger partial charge on any atom is 0.242 e. The zero-order valence-corrected chi connectivity index (χ0v) is 15.9. The van der Waals surface area contributed by atoms with E-state index in [0.717, 1.165) is 23.1 Å². The lowest BCUT2D eigenvalue weighted by Crippen LogP contribution is -2.49. The number of nitrogens with zero attached hydrogens (tertiary/aromatic N) is 1. The predicted octanol–water partition coefficient (Wildman–Crippen LogP) is 3.13. The first kappa shape index (κ1) is 19.7. The summed E-state index contributed by atoms with van der Waals surface area (Å²) in [5.74, 6) is -0.136. The molecule has 138 valence electrons. The molecule has 0 radical (unpaired) electrons. The van der Waals surface area contributed by atoms with Crippen molar-refractivity contribution in [3.8, 4) is 0 Å². The molecule has 0 saturated carbocycles. The number of carbonyl (C=O) groups excluding carboxylic acids is 2. The SMILES string of the molecule is CCNC(=O)[C@@H](C)N(CCc1ccccc1)C(=O)Cc1cccc(C)c1. The molecule has 0 aliphatic rings. The lowest BCUT2D eigenvalue weighted by Gasteiger charge is -2.28. The first-order valence-corrected chi connectivity index (χ1v) is 9.18. The van der Waals surface area contributed by atoms with Gasteiger partial charge in [0.2, 0.25) is 11.8 Å². The highest BCUT2D eigenvalue weighted by molar-refractivity contribution is 5.88. The van der Waals surface area contributed by atoms with Crippen molar-refractivity contribution in [3.63, 3.8) is 0 Å². The Morgan fingerprint density at radius 2 is 1.73 bits per heavy atom. The minimum Gasteiger partial charge on any atom is -0.355 e. The second-order valence-corrected chi connectivity index (χ2v) is 6.56. The fourth-order valence-corrected chi connectivity index (χ4v) is 2.99. The number of hydrogen-bond acceptors (Lipinski definition) is 2. The summed E-state index contributed by atoms with van der Waals surface area (Å²) < 4.78 is 0. The maximum absolute atomic E-state index is 12.9. The van der Waals surface area contributed by atoms with Gasteiger partial charge in [-0.3, -0.25) is 9.59 Å². The third kappa shape index (κ3) is 5.73. The Morgan fingerprint density at radius 1 is 1.04 bits per heavy atom. The number of carbonyl (C=O) groups is 2. The summed E-state index contributed by atoms with van der Waals surface area (Å²) >= 11 is 0. The van der Waals surface area contributed by atoms with E-state index in [0.29, 0.717) is 19.5 Å². The summed E-state index contributed by atoms with van der Waals surface area (Å²) in [6, 6.07) is 17.5. The van der Waals surface area contributed by atoms with E-state index in [1.807, 2.05) is 68.4 Å². The van der Waals surface area contributed by atoms with Crippen molar-refractivity contribution in [1.82, 2.24) is 10.2 Å². The molecule has 1 atom stereocenters. The van der Waals surface area contributed by atoms with Crippen LogP contribution in [-0.4, -0.2) is 35.8 Å². The van der Waals surface area contributed by atoms with E-state index in [1.54, 1.807) is 11.8 Å². The fourth-order valence-electron chi connectivity index (χ4n) is 2.99.